The molecule has 2 aromatic rings. The average molecular weight is 274 g/mol. The van der Waals surface area contributed by atoms with E-state index in [1.807, 2.05) is 18.5 Å². The number of carbonyl (C=O) groups is 2. The third-order valence-electron chi connectivity index (χ3n) is 2.95. The lowest BCUT2D eigenvalue weighted by atomic mass is 10.1. The Labute approximate surface area is 113 Å². The molecule has 19 heavy (non-hydrogen) atoms. The maximum atomic E-state index is 11.5. The predicted molar refractivity (Wildman–Crippen MR) is 69.3 cm³/mol. The Bertz CT molecular complexity index is 708. The lowest BCUT2D eigenvalue weighted by Gasteiger charge is -2.03. The van der Waals surface area contributed by atoms with Crippen LogP contribution in [-0.2, 0) is 11.8 Å². The van der Waals surface area contributed by atoms with Crippen LogP contribution < -0.4 is 5.32 Å². The van der Waals surface area contributed by atoms with Gasteiger partial charge in [0.2, 0.25) is 0 Å². The van der Waals surface area contributed by atoms with Crippen LogP contribution in [0.15, 0.2) is 28.3 Å². The molecule has 1 N–H and O–H groups in total. The topological polar surface area (TPSA) is 76.9 Å². The smallest absolute Gasteiger partial charge is 0.296 e. The number of fused-ring (bicyclic) bond motifs is 1. The molecule has 1 aromatic heterocycles. The number of aromatic nitrogens is 3. The summed E-state index contributed by atoms with van der Waals surface area (Å²) in [6, 6.07) is 5.22. The third kappa shape index (κ3) is 1.91. The zero-order chi connectivity index (χ0) is 13.6. The van der Waals surface area contributed by atoms with Gasteiger partial charge < -0.3 is 9.88 Å². The predicted octanol–water partition coefficient (Wildman–Crippen LogP) is 1.41. The quantitative estimate of drug-likeness (QED) is 0.838. The number of benzene rings is 1. The highest BCUT2D eigenvalue weighted by molar-refractivity contribution is 7.99. The van der Waals surface area contributed by atoms with Gasteiger partial charge in [0.05, 0.1) is 11.3 Å². The van der Waals surface area contributed by atoms with Gasteiger partial charge in [0, 0.05) is 11.9 Å². The van der Waals surface area contributed by atoms with Gasteiger partial charge in [-0.15, -0.1) is 10.2 Å². The van der Waals surface area contributed by atoms with Crippen molar-refractivity contribution in [1.82, 2.24) is 14.8 Å². The fraction of sp³-hybridized carbons (Fsp3) is 0.167. The fourth-order valence-electron chi connectivity index (χ4n) is 1.77. The Morgan fingerprint density at radius 2 is 2.05 bits per heavy atom. The van der Waals surface area contributed by atoms with Crippen LogP contribution in [0.4, 0.5) is 5.69 Å². The number of rotatable bonds is 2. The summed E-state index contributed by atoms with van der Waals surface area (Å²) < 4.78 is 1.88. The Morgan fingerprint density at radius 3 is 2.74 bits per heavy atom. The third-order valence-corrected chi connectivity index (χ3v) is 3.98. The molecule has 7 heteroatoms. The van der Waals surface area contributed by atoms with Crippen molar-refractivity contribution < 1.29 is 9.59 Å². The second-order valence-corrected chi connectivity index (χ2v) is 5.22. The molecule has 1 aliphatic rings. The summed E-state index contributed by atoms with van der Waals surface area (Å²) >= 11 is 1.43. The monoisotopic (exact) mass is 274 g/mol. The summed E-state index contributed by atoms with van der Waals surface area (Å²) in [4.78, 5) is 23.6. The molecule has 6 nitrogen and oxygen atoms in total. The van der Waals surface area contributed by atoms with Gasteiger partial charge in [-0.1, -0.05) is 0 Å². The van der Waals surface area contributed by atoms with Gasteiger partial charge in [-0.2, -0.15) is 0 Å². The van der Waals surface area contributed by atoms with Crippen molar-refractivity contribution in [1.29, 1.82) is 0 Å². The van der Waals surface area contributed by atoms with Crippen molar-refractivity contribution in [3.8, 4) is 0 Å². The van der Waals surface area contributed by atoms with Gasteiger partial charge in [0.1, 0.15) is 5.82 Å². The van der Waals surface area contributed by atoms with Crippen LogP contribution in [0.5, 0.6) is 0 Å². The van der Waals surface area contributed by atoms with Crippen LogP contribution in [0.3, 0.4) is 0 Å². The van der Waals surface area contributed by atoms with E-state index in [1.165, 1.54) is 11.8 Å². The standard InChI is InChI=1S/C12H10N4O2S/c1-6-14-15-12(16(6)2)19-7-3-4-8-9(5-7)13-11(18)10(8)17/h3-5H,1-2H3,(H,13,17,18). The molecule has 0 atom stereocenters. The van der Waals surface area contributed by atoms with E-state index in [9.17, 15) is 9.59 Å². The van der Waals surface area contributed by atoms with E-state index < -0.39 is 11.7 Å². The number of nitrogens with one attached hydrogen (secondary N) is 1. The molecular weight excluding hydrogens is 264 g/mol. The van der Waals surface area contributed by atoms with Gasteiger partial charge in [-0.05, 0) is 36.9 Å². The highest BCUT2D eigenvalue weighted by Crippen LogP contribution is 2.32. The molecule has 96 valence electrons. The molecule has 0 radical (unpaired) electrons. The molecule has 0 saturated heterocycles. The van der Waals surface area contributed by atoms with Crippen LogP contribution in [0, 0.1) is 6.92 Å². The maximum Gasteiger partial charge on any atom is 0.296 e. The normalized spacial score (nSPS) is 13.6. The molecule has 0 bridgehead atoms. The first-order valence-corrected chi connectivity index (χ1v) is 6.41. The van der Waals surface area contributed by atoms with Gasteiger partial charge in [0.15, 0.2) is 5.16 Å². The summed E-state index contributed by atoms with van der Waals surface area (Å²) in [5.74, 6) is -0.236. The zero-order valence-electron chi connectivity index (χ0n) is 10.3. The van der Waals surface area contributed by atoms with E-state index in [0.29, 0.717) is 11.3 Å². The number of hydrogen-bond donors (Lipinski definition) is 1. The first kappa shape index (κ1) is 11.9. The number of amides is 1. The minimum atomic E-state index is -0.577. The molecule has 0 unspecified atom stereocenters. The van der Waals surface area contributed by atoms with Crippen molar-refractivity contribution in [3.05, 3.63) is 29.6 Å². The molecule has 0 aliphatic carbocycles. The number of nitrogens with zero attached hydrogens (tertiary/aromatic N) is 3. The Hall–Kier alpha value is -2.15. The summed E-state index contributed by atoms with van der Waals surface area (Å²) in [7, 11) is 1.89. The highest BCUT2D eigenvalue weighted by Gasteiger charge is 2.27. The Kier molecular flexibility index (Phi) is 2.63. The van der Waals surface area contributed by atoms with Crippen LogP contribution in [-0.4, -0.2) is 26.5 Å². The minimum absolute atomic E-state index is 0.420. The van der Waals surface area contributed by atoms with E-state index in [-0.39, 0.29) is 0 Å². The molecule has 0 spiro atoms. The van der Waals surface area contributed by atoms with Gasteiger partial charge in [-0.3, -0.25) is 9.59 Å². The molecule has 1 amide bonds. The molecule has 1 aliphatic heterocycles. The van der Waals surface area contributed by atoms with Crippen molar-refractivity contribution in [2.45, 2.75) is 17.0 Å². The van der Waals surface area contributed by atoms with Crippen LogP contribution in [0.25, 0.3) is 0 Å². The largest absolute Gasteiger partial charge is 0.318 e. The van der Waals surface area contributed by atoms with E-state index in [4.69, 9.17) is 0 Å². The van der Waals surface area contributed by atoms with Crippen LogP contribution >= 0.6 is 11.8 Å². The fourth-order valence-corrected chi connectivity index (χ4v) is 2.65. The van der Waals surface area contributed by atoms with Crippen molar-refractivity contribution in [2.24, 2.45) is 7.05 Å². The van der Waals surface area contributed by atoms with Crippen molar-refractivity contribution in [3.63, 3.8) is 0 Å². The number of Topliss-reactive ketones (excluding diaryl/α,β-unsaturated/α-hetero) is 1. The van der Waals surface area contributed by atoms with Crippen molar-refractivity contribution in [2.75, 3.05) is 5.32 Å². The first-order chi connectivity index (χ1) is 9.06. The molecule has 0 saturated carbocycles. The lowest BCUT2D eigenvalue weighted by Crippen LogP contribution is -2.12. The second kappa shape index (κ2) is 4.20. The molecule has 2 heterocycles. The lowest BCUT2D eigenvalue weighted by molar-refractivity contribution is -0.112. The first-order valence-electron chi connectivity index (χ1n) is 5.60. The maximum absolute atomic E-state index is 11.5. The highest BCUT2D eigenvalue weighted by atomic mass is 32.2. The number of aryl methyl sites for hydroxylation is 1. The van der Waals surface area contributed by atoms with Crippen LogP contribution in [0.2, 0.25) is 0 Å². The van der Waals surface area contributed by atoms with Gasteiger partial charge >= 0.3 is 0 Å². The summed E-state index contributed by atoms with van der Waals surface area (Å²) in [5.41, 5.74) is 0.974. The molecule has 0 fully saturated rings. The van der Waals surface area contributed by atoms with Gasteiger partial charge in [-0.25, -0.2) is 0 Å². The van der Waals surface area contributed by atoms with E-state index in [2.05, 4.69) is 15.5 Å². The summed E-state index contributed by atoms with van der Waals surface area (Å²) in [6.07, 6.45) is 0. The molecular formula is C12H10N4O2S. The summed E-state index contributed by atoms with van der Waals surface area (Å²) in [5, 5.41) is 11.3. The Morgan fingerprint density at radius 1 is 1.26 bits per heavy atom. The number of hydrogen-bond acceptors (Lipinski definition) is 5. The van der Waals surface area contributed by atoms with Gasteiger partial charge in [0.25, 0.3) is 11.7 Å². The zero-order valence-corrected chi connectivity index (χ0v) is 11.1. The van der Waals surface area contributed by atoms with Crippen molar-refractivity contribution >= 4 is 29.1 Å². The molecule has 1 aromatic carbocycles. The number of carbonyl (C=O) groups excluding carboxylic acids is 2. The van der Waals surface area contributed by atoms with E-state index >= 15 is 0 Å². The number of anilines is 1. The summed E-state index contributed by atoms with van der Waals surface area (Å²) in [6.45, 7) is 1.87. The SMILES string of the molecule is Cc1nnc(Sc2ccc3c(c2)NC(=O)C3=O)n1C. The minimum Gasteiger partial charge on any atom is -0.318 e. The van der Waals surface area contributed by atoms with E-state index in [1.54, 1.807) is 18.2 Å². The van der Waals surface area contributed by atoms with Crippen LogP contribution in [0.1, 0.15) is 16.2 Å². The van der Waals surface area contributed by atoms with E-state index in [0.717, 1.165) is 15.9 Å². The second-order valence-electron chi connectivity index (χ2n) is 4.18. The Balaban J connectivity index is 1.92. The number of ketones is 1. The molecule has 3 rings (SSSR count). The average Bonchev–Trinajstić information content (AvgIpc) is 2.84.